The van der Waals surface area contributed by atoms with Crippen molar-refractivity contribution in [1.82, 2.24) is 9.97 Å². The number of hydrogen-bond acceptors (Lipinski definition) is 7. The topological polar surface area (TPSA) is 87.3 Å². The summed E-state index contributed by atoms with van der Waals surface area (Å²) in [6.07, 6.45) is 2.56. The molecular formula is C12H17N3O3S. The zero-order chi connectivity index (χ0) is 13.9. The number of esters is 1. The molecule has 1 fully saturated rings. The molecule has 0 aliphatic heterocycles. The van der Waals surface area contributed by atoms with Crippen molar-refractivity contribution in [2.45, 2.75) is 24.3 Å². The van der Waals surface area contributed by atoms with Crippen molar-refractivity contribution in [3.63, 3.8) is 0 Å². The number of nitrogens with two attached hydrogens (primary N) is 1. The number of aromatic nitrogens is 2. The van der Waals surface area contributed by atoms with Crippen LogP contribution in [0.25, 0.3) is 0 Å². The zero-order valence-corrected chi connectivity index (χ0v) is 11.8. The fourth-order valence-corrected chi connectivity index (χ4v) is 2.94. The predicted molar refractivity (Wildman–Crippen MR) is 72.0 cm³/mol. The van der Waals surface area contributed by atoms with Gasteiger partial charge in [-0.05, 0) is 18.3 Å². The second-order valence-electron chi connectivity index (χ2n) is 4.65. The Kier molecular flexibility index (Phi) is 4.14. The van der Waals surface area contributed by atoms with Gasteiger partial charge in [-0.25, -0.2) is 4.98 Å². The molecule has 1 heterocycles. The largest absolute Gasteiger partial charge is 0.481 e. The lowest BCUT2D eigenvalue weighted by atomic mass is 10.1. The van der Waals surface area contributed by atoms with Crippen LogP contribution in [-0.2, 0) is 9.53 Å². The molecule has 0 amide bonds. The summed E-state index contributed by atoms with van der Waals surface area (Å²) in [6.45, 7) is 0. The third kappa shape index (κ3) is 3.73. The van der Waals surface area contributed by atoms with Gasteiger partial charge in [-0.1, -0.05) is 0 Å². The normalized spacial score (nSPS) is 15.9. The highest BCUT2D eigenvalue weighted by Crippen LogP contribution is 2.52. The first-order valence-corrected chi connectivity index (χ1v) is 6.94. The minimum absolute atomic E-state index is 0.0602. The summed E-state index contributed by atoms with van der Waals surface area (Å²) < 4.78 is 9.77. The van der Waals surface area contributed by atoms with E-state index in [1.807, 2.05) is 0 Å². The quantitative estimate of drug-likeness (QED) is 0.481. The van der Waals surface area contributed by atoms with E-state index in [1.54, 1.807) is 17.8 Å². The van der Waals surface area contributed by atoms with E-state index in [1.165, 1.54) is 14.2 Å². The Morgan fingerprint density at radius 1 is 1.47 bits per heavy atom. The Labute approximate surface area is 116 Å². The smallest absolute Gasteiger partial charge is 0.306 e. The number of carbonyl (C=O) groups is 1. The van der Waals surface area contributed by atoms with Gasteiger partial charge >= 0.3 is 5.97 Å². The summed E-state index contributed by atoms with van der Waals surface area (Å²) in [5, 5.41) is 0.764. The first-order valence-electron chi connectivity index (χ1n) is 5.95. The Bertz CT molecular complexity index is 477. The molecule has 6 nitrogen and oxygen atoms in total. The highest BCUT2D eigenvalue weighted by atomic mass is 32.2. The van der Waals surface area contributed by atoms with Crippen LogP contribution in [-0.4, -0.2) is 35.9 Å². The summed E-state index contributed by atoms with van der Waals surface area (Å²) in [6, 6.07) is 1.75. The summed E-state index contributed by atoms with van der Waals surface area (Å²) in [4.78, 5) is 19.4. The van der Waals surface area contributed by atoms with Crippen molar-refractivity contribution in [2.24, 2.45) is 5.41 Å². The van der Waals surface area contributed by atoms with Crippen LogP contribution in [0.2, 0.25) is 0 Å². The van der Waals surface area contributed by atoms with Crippen molar-refractivity contribution in [2.75, 3.05) is 25.7 Å². The molecule has 1 aromatic heterocycles. The van der Waals surface area contributed by atoms with Crippen molar-refractivity contribution >= 4 is 23.7 Å². The first-order chi connectivity index (χ1) is 9.07. The van der Waals surface area contributed by atoms with Crippen molar-refractivity contribution < 1.29 is 14.3 Å². The number of thioether (sulfide) groups is 1. The SMILES string of the molecule is COC(=O)CC1(CSc2cc(OC)nc(N)n2)CC1. The average molecular weight is 283 g/mol. The van der Waals surface area contributed by atoms with Crippen LogP contribution in [0.3, 0.4) is 0 Å². The Morgan fingerprint density at radius 2 is 2.21 bits per heavy atom. The predicted octanol–water partition coefficient (Wildman–Crippen LogP) is 1.50. The molecule has 0 unspecified atom stereocenters. The van der Waals surface area contributed by atoms with Crippen molar-refractivity contribution in [3.8, 4) is 5.88 Å². The number of rotatable bonds is 6. The highest BCUT2D eigenvalue weighted by Gasteiger charge is 2.44. The minimum atomic E-state index is -0.155. The summed E-state index contributed by atoms with van der Waals surface area (Å²) in [7, 11) is 2.96. The minimum Gasteiger partial charge on any atom is -0.481 e. The van der Waals surface area contributed by atoms with Gasteiger partial charge in [0.2, 0.25) is 11.8 Å². The molecule has 19 heavy (non-hydrogen) atoms. The van der Waals surface area contributed by atoms with Crippen LogP contribution < -0.4 is 10.5 Å². The van der Waals surface area contributed by atoms with Gasteiger partial charge in [-0.15, -0.1) is 11.8 Å². The second kappa shape index (κ2) is 5.64. The molecule has 2 rings (SSSR count). The van der Waals surface area contributed by atoms with Gasteiger partial charge < -0.3 is 15.2 Å². The van der Waals surface area contributed by atoms with E-state index in [-0.39, 0.29) is 17.3 Å². The number of ether oxygens (including phenoxy) is 2. The van der Waals surface area contributed by atoms with E-state index in [9.17, 15) is 4.79 Å². The number of hydrogen-bond donors (Lipinski definition) is 1. The van der Waals surface area contributed by atoms with Crippen LogP contribution in [0, 0.1) is 5.41 Å². The highest BCUT2D eigenvalue weighted by molar-refractivity contribution is 7.99. The number of anilines is 1. The standard InChI is InChI=1S/C12H17N3O3S/c1-17-8-5-9(15-11(13)14-8)19-7-12(3-4-12)6-10(16)18-2/h5H,3-4,6-7H2,1-2H3,(H2,13,14,15). The molecule has 104 valence electrons. The summed E-state index contributed by atoms with van der Waals surface area (Å²) in [5.74, 6) is 1.31. The number of nitrogens with zero attached hydrogens (tertiary/aromatic N) is 2. The van der Waals surface area contributed by atoms with E-state index in [2.05, 4.69) is 9.97 Å². The molecule has 0 bridgehead atoms. The third-order valence-corrected chi connectivity index (χ3v) is 4.40. The fourth-order valence-electron chi connectivity index (χ4n) is 1.75. The summed E-state index contributed by atoms with van der Waals surface area (Å²) in [5.41, 5.74) is 5.66. The van der Waals surface area contributed by atoms with Crippen molar-refractivity contribution in [3.05, 3.63) is 6.07 Å². The van der Waals surface area contributed by atoms with Gasteiger partial charge in [-0.3, -0.25) is 4.79 Å². The van der Waals surface area contributed by atoms with E-state index in [0.29, 0.717) is 12.3 Å². The van der Waals surface area contributed by atoms with Crippen LogP contribution in [0.5, 0.6) is 5.88 Å². The van der Waals surface area contributed by atoms with Crippen LogP contribution in [0.1, 0.15) is 19.3 Å². The number of nitrogen functional groups attached to an aromatic ring is 1. The molecule has 1 aliphatic rings. The van der Waals surface area contributed by atoms with Gasteiger partial charge in [0.15, 0.2) is 0 Å². The van der Waals surface area contributed by atoms with Crippen LogP contribution in [0.4, 0.5) is 5.95 Å². The molecule has 1 saturated carbocycles. The second-order valence-corrected chi connectivity index (χ2v) is 5.64. The first kappa shape index (κ1) is 13.9. The average Bonchev–Trinajstić information content (AvgIpc) is 3.16. The Morgan fingerprint density at radius 3 is 2.79 bits per heavy atom. The van der Waals surface area contributed by atoms with Gasteiger partial charge in [0.1, 0.15) is 5.03 Å². The van der Waals surface area contributed by atoms with E-state index >= 15 is 0 Å². The van der Waals surface area contributed by atoms with Gasteiger partial charge in [0.05, 0.1) is 20.6 Å². The molecule has 0 spiro atoms. The molecule has 1 aliphatic carbocycles. The molecule has 0 radical (unpaired) electrons. The molecule has 0 atom stereocenters. The van der Waals surface area contributed by atoms with E-state index in [0.717, 1.165) is 23.6 Å². The number of carbonyl (C=O) groups excluding carboxylic acids is 1. The monoisotopic (exact) mass is 283 g/mol. The lowest BCUT2D eigenvalue weighted by molar-refractivity contribution is -0.141. The van der Waals surface area contributed by atoms with Gasteiger partial charge in [0.25, 0.3) is 0 Å². The fraction of sp³-hybridized carbons (Fsp3) is 0.583. The maximum absolute atomic E-state index is 11.3. The zero-order valence-electron chi connectivity index (χ0n) is 11.0. The summed E-state index contributed by atoms with van der Waals surface area (Å²) >= 11 is 1.57. The van der Waals surface area contributed by atoms with Crippen LogP contribution in [0.15, 0.2) is 11.1 Å². The van der Waals surface area contributed by atoms with E-state index < -0.39 is 0 Å². The molecule has 0 aromatic carbocycles. The maximum Gasteiger partial charge on any atom is 0.306 e. The molecule has 0 saturated heterocycles. The van der Waals surface area contributed by atoms with Crippen molar-refractivity contribution in [1.29, 1.82) is 0 Å². The van der Waals surface area contributed by atoms with Gasteiger partial charge in [-0.2, -0.15) is 4.98 Å². The lowest BCUT2D eigenvalue weighted by Gasteiger charge is -2.12. The molecular weight excluding hydrogens is 266 g/mol. The molecule has 2 N–H and O–H groups in total. The van der Waals surface area contributed by atoms with Gasteiger partial charge in [0, 0.05) is 11.8 Å². The van der Waals surface area contributed by atoms with Crippen LogP contribution >= 0.6 is 11.8 Å². The number of methoxy groups -OCH3 is 2. The third-order valence-electron chi connectivity index (χ3n) is 3.14. The molecule has 1 aromatic rings. The maximum atomic E-state index is 11.3. The Balaban J connectivity index is 1.95. The lowest BCUT2D eigenvalue weighted by Crippen LogP contribution is -2.13. The van der Waals surface area contributed by atoms with E-state index in [4.69, 9.17) is 15.2 Å². The molecule has 7 heteroatoms. The Hall–Kier alpha value is -1.50.